The fourth-order valence-electron chi connectivity index (χ4n) is 2.25. The molecule has 0 radical (unpaired) electrons. The number of rotatable bonds is 5. The SMILES string of the molecule is CC1NCCC1C(=O)NCCn1cnc(C(=O)O)c1. The molecular weight excluding hydrogens is 248 g/mol. The predicted octanol–water partition coefficient (Wildman–Crippen LogP) is -0.304. The van der Waals surface area contributed by atoms with Gasteiger partial charge in [0.15, 0.2) is 5.69 Å². The van der Waals surface area contributed by atoms with Crippen LogP contribution in [0, 0.1) is 5.92 Å². The van der Waals surface area contributed by atoms with Crippen LogP contribution in [-0.4, -0.2) is 45.7 Å². The van der Waals surface area contributed by atoms with Gasteiger partial charge in [0, 0.05) is 25.3 Å². The van der Waals surface area contributed by atoms with Gasteiger partial charge in [-0.05, 0) is 19.9 Å². The lowest BCUT2D eigenvalue weighted by Crippen LogP contribution is -2.37. The summed E-state index contributed by atoms with van der Waals surface area (Å²) in [4.78, 5) is 26.3. The zero-order chi connectivity index (χ0) is 13.8. The molecule has 0 spiro atoms. The third-order valence-electron chi connectivity index (χ3n) is 3.38. The second-order valence-corrected chi connectivity index (χ2v) is 4.73. The van der Waals surface area contributed by atoms with Gasteiger partial charge >= 0.3 is 5.97 Å². The van der Waals surface area contributed by atoms with Crippen molar-refractivity contribution in [3.05, 3.63) is 18.2 Å². The Balaban J connectivity index is 1.76. The molecule has 2 unspecified atom stereocenters. The Kier molecular flexibility index (Phi) is 4.16. The first-order valence-corrected chi connectivity index (χ1v) is 6.34. The summed E-state index contributed by atoms with van der Waals surface area (Å²) in [6.07, 6.45) is 3.77. The second kappa shape index (κ2) is 5.83. The molecule has 0 aliphatic carbocycles. The van der Waals surface area contributed by atoms with Crippen LogP contribution in [0.3, 0.4) is 0 Å². The van der Waals surface area contributed by atoms with E-state index in [4.69, 9.17) is 5.11 Å². The summed E-state index contributed by atoms with van der Waals surface area (Å²) < 4.78 is 1.65. The number of carboxylic acids is 1. The number of imidazole rings is 1. The van der Waals surface area contributed by atoms with Crippen LogP contribution in [0.1, 0.15) is 23.8 Å². The molecule has 1 fully saturated rings. The van der Waals surface area contributed by atoms with Gasteiger partial charge in [0.25, 0.3) is 0 Å². The molecule has 1 saturated heterocycles. The van der Waals surface area contributed by atoms with Crippen molar-refractivity contribution in [2.75, 3.05) is 13.1 Å². The Morgan fingerprint density at radius 1 is 1.63 bits per heavy atom. The van der Waals surface area contributed by atoms with E-state index >= 15 is 0 Å². The molecule has 2 heterocycles. The third-order valence-corrected chi connectivity index (χ3v) is 3.38. The maximum absolute atomic E-state index is 11.9. The van der Waals surface area contributed by atoms with E-state index in [0.29, 0.717) is 13.1 Å². The molecule has 7 heteroatoms. The molecule has 0 saturated carbocycles. The smallest absolute Gasteiger partial charge is 0.356 e. The van der Waals surface area contributed by atoms with Gasteiger partial charge in [0.05, 0.1) is 12.2 Å². The van der Waals surface area contributed by atoms with Gasteiger partial charge in [-0.25, -0.2) is 9.78 Å². The van der Waals surface area contributed by atoms with Crippen LogP contribution in [0.2, 0.25) is 0 Å². The molecule has 3 N–H and O–H groups in total. The van der Waals surface area contributed by atoms with Gasteiger partial charge in [-0.15, -0.1) is 0 Å². The van der Waals surface area contributed by atoms with Gasteiger partial charge in [-0.1, -0.05) is 0 Å². The molecule has 7 nitrogen and oxygen atoms in total. The summed E-state index contributed by atoms with van der Waals surface area (Å²) in [6, 6.07) is 0.215. The molecule has 104 valence electrons. The Hall–Kier alpha value is -1.89. The molecule has 1 aromatic rings. The van der Waals surface area contributed by atoms with Gasteiger partial charge in [-0.3, -0.25) is 4.79 Å². The Bertz CT molecular complexity index is 471. The van der Waals surface area contributed by atoms with Gasteiger partial charge in [-0.2, -0.15) is 0 Å². The number of hydrogen-bond donors (Lipinski definition) is 3. The summed E-state index contributed by atoms with van der Waals surface area (Å²) in [5.74, 6) is -0.970. The number of carbonyl (C=O) groups is 2. The van der Waals surface area contributed by atoms with Crippen LogP contribution in [-0.2, 0) is 11.3 Å². The lowest BCUT2D eigenvalue weighted by Gasteiger charge is -2.14. The van der Waals surface area contributed by atoms with E-state index < -0.39 is 5.97 Å². The van der Waals surface area contributed by atoms with E-state index in [9.17, 15) is 9.59 Å². The molecule has 1 amide bonds. The van der Waals surface area contributed by atoms with Crippen molar-refractivity contribution in [2.45, 2.75) is 25.9 Å². The first kappa shape index (κ1) is 13.5. The van der Waals surface area contributed by atoms with Crippen LogP contribution in [0.5, 0.6) is 0 Å². The molecule has 0 aromatic carbocycles. The van der Waals surface area contributed by atoms with Crippen LogP contribution in [0.4, 0.5) is 0 Å². The minimum absolute atomic E-state index is 0.0138. The van der Waals surface area contributed by atoms with Crippen molar-refractivity contribution >= 4 is 11.9 Å². The van der Waals surface area contributed by atoms with E-state index in [1.54, 1.807) is 4.57 Å². The van der Waals surface area contributed by atoms with Gasteiger partial charge < -0.3 is 20.3 Å². The Labute approximate surface area is 111 Å². The van der Waals surface area contributed by atoms with Crippen molar-refractivity contribution in [1.82, 2.24) is 20.2 Å². The number of nitrogens with one attached hydrogen (secondary N) is 2. The fraction of sp³-hybridized carbons (Fsp3) is 0.583. The van der Waals surface area contributed by atoms with Crippen molar-refractivity contribution in [3.63, 3.8) is 0 Å². The molecular formula is C12H18N4O3. The van der Waals surface area contributed by atoms with E-state index in [2.05, 4.69) is 15.6 Å². The number of carboxylic acid groups (broad SMARTS) is 1. The standard InChI is InChI=1S/C12H18N4O3/c1-8-9(2-3-13-8)11(17)14-4-5-16-6-10(12(18)19)15-7-16/h6-9,13H,2-5H2,1H3,(H,14,17)(H,18,19). The highest BCUT2D eigenvalue weighted by atomic mass is 16.4. The number of hydrogen-bond acceptors (Lipinski definition) is 4. The average Bonchev–Trinajstić information content (AvgIpc) is 2.97. The molecule has 2 atom stereocenters. The van der Waals surface area contributed by atoms with E-state index in [1.807, 2.05) is 6.92 Å². The summed E-state index contributed by atoms with van der Waals surface area (Å²) in [6.45, 7) is 3.87. The number of aromatic carboxylic acids is 1. The first-order chi connectivity index (χ1) is 9.08. The number of nitrogens with zero attached hydrogens (tertiary/aromatic N) is 2. The minimum Gasteiger partial charge on any atom is -0.476 e. The van der Waals surface area contributed by atoms with Crippen LogP contribution in [0.25, 0.3) is 0 Å². The van der Waals surface area contributed by atoms with Crippen LogP contribution < -0.4 is 10.6 Å². The molecule has 1 aromatic heterocycles. The average molecular weight is 266 g/mol. The zero-order valence-corrected chi connectivity index (χ0v) is 10.8. The lowest BCUT2D eigenvalue weighted by atomic mass is 10.0. The largest absolute Gasteiger partial charge is 0.476 e. The molecule has 1 aliphatic heterocycles. The van der Waals surface area contributed by atoms with Gasteiger partial charge in [0.2, 0.25) is 5.91 Å². The summed E-state index contributed by atoms with van der Waals surface area (Å²) in [5.41, 5.74) is 0.0138. The third kappa shape index (κ3) is 3.31. The molecule has 1 aliphatic rings. The number of carbonyl (C=O) groups excluding carboxylic acids is 1. The van der Waals surface area contributed by atoms with Crippen LogP contribution in [0.15, 0.2) is 12.5 Å². The fourth-order valence-corrected chi connectivity index (χ4v) is 2.25. The Morgan fingerprint density at radius 2 is 2.42 bits per heavy atom. The monoisotopic (exact) mass is 266 g/mol. The van der Waals surface area contributed by atoms with Crippen LogP contribution >= 0.6 is 0 Å². The summed E-state index contributed by atoms with van der Waals surface area (Å²) >= 11 is 0. The lowest BCUT2D eigenvalue weighted by molar-refractivity contribution is -0.125. The van der Waals surface area contributed by atoms with E-state index in [0.717, 1.165) is 13.0 Å². The predicted molar refractivity (Wildman–Crippen MR) is 67.8 cm³/mol. The maximum atomic E-state index is 11.9. The number of amides is 1. The quantitative estimate of drug-likeness (QED) is 0.679. The minimum atomic E-state index is -1.05. The molecule has 0 bridgehead atoms. The normalized spacial score (nSPS) is 22.4. The van der Waals surface area contributed by atoms with Crippen molar-refractivity contribution in [3.8, 4) is 0 Å². The van der Waals surface area contributed by atoms with E-state index in [-0.39, 0.29) is 23.6 Å². The highest BCUT2D eigenvalue weighted by molar-refractivity contribution is 5.84. The van der Waals surface area contributed by atoms with Crippen molar-refractivity contribution < 1.29 is 14.7 Å². The molecule has 19 heavy (non-hydrogen) atoms. The highest BCUT2D eigenvalue weighted by Crippen LogP contribution is 2.14. The zero-order valence-electron chi connectivity index (χ0n) is 10.8. The Morgan fingerprint density at radius 3 is 3.00 bits per heavy atom. The second-order valence-electron chi connectivity index (χ2n) is 4.73. The maximum Gasteiger partial charge on any atom is 0.356 e. The topological polar surface area (TPSA) is 96.3 Å². The summed E-state index contributed by atoms with van der Waals surface area (Å²) in [7, 11) is 0. The van der Waals surface area contributed by atoms with Crippen molar-refractivity contribution in [1.29, 1.82) is 0 Å². The van der Waals surface area contributed by atoms with Gasteiger partial charge in [0.1, 0.15) is 0 Å². The molecule has 2 rings (SSSR count). The summed E-state index contributed by atoms with van der Waals surface area (Å²) in [5, 5.41) is 14.8. The van der Waals surface area contributed by atoms with Crippen molar-refractivity contribution in [2.24, 2.45) is 5.92 Å². The van der Waals surface area contributed by atoms with E-state index in [1.165, 1.54) is 12.5 Å². The number of aromatic nitrogens is 2. The highest BCUT2D eigenvalue weighted by Gasteiger charge is 2.28. The first-order valence-electron chi connectivity index (χ1n) is 6.34.